The largest absolute Gasteiger partial charge is 0.444 e. The van der Waals surface area contributed by atoms with Crippen molar-refractivity contribution < 1.29 is 23.5 Å². The average molecular weight is 499 g/mol. The first-order valence-electron chi connectivity index (χ1n) is 10.8. The molecular formula is C23H32BrFN2O4. The van der Waals surface area contributed by atoms with Crippen molar-refractivity contribution >= 4 is 33.6 Å². The van der Waals surface area contributed by atoms with E-state index >= 15 is 0 Å². The van der Waals surface area contributed by atoms with Crippen LogP contribution in [0.1, 0.15) is 63.3 Å². The van der Waals surface area contributed by atoms with E-state index in [0.717, 1.165) is 24.3 Å². The molecule has 2 amide bonds. The number of benzene rings is 1. The second kappa shape index (κ2) is 9.86. The van der Waals surface area contributed by atoms with Crippen molar-refractivity contribution in [3.63, 3.8) is 0 Å². The normalized spacial score (nSPS) is 22.3. The first-order valence-corrected chi connectivity index (χ1v) is 11.8. The minimum atomic E-state index is -0.794. The second-order valence-corrected chi connectivity index (χ2v) is 10.6. The number of halogens is 2. The molecule has 2 fully saturated rings. The maximum absolute atomic E-state index is 14.5. The molecule has 172 valence electrons. The van der Waals surface area contributed by atoms with E-state index in [-0.39, 0.29) is 23.2 Å². The molecule has 1 saturated heterocycles. The highest BCUT2D eigenvalue weighted by Gasteiger charge is 2.42. The lowest BCUT2D eigenvalue weighted by atomic mass is 10.1. The number of likely N-dealkylation sites (tertiary alicyclic amines) is 1. The summed E-state index contributed by atoms with van der Waals surface area (Å²) in [5, 5.41) is 2.68. The molecule has 3 rings (SSSR count). The SMILES string of the molecule is CO[C@@H]1C[C@H](C(=O)Nc2cc([C@H](Br)CCC3CC3)ccc2F)N(C(=O)OC(C)(C)C)C1. The molecule has 31 heavy (non-hydrogen) atoms. The molecule has 1 N–H and O–H groups in total. The van der Waals surface area contributed by atoms with Gasteiger partial charge in [0.2, 0.25) is 5.91 Å². The molecule has 3 atom stereocenters. The van der Waals surface area contributed by atoms with Crippen molar-refractivity contribution in [1.29, 1.82) is 0 Å². The Kier molecular flexibility index (Phi) is 7.63. The summed E-state index contributed by atoms with van der Waals surface area (Å²) in [6, 6.07) is 3.98. The van der Waals surface area contributed by atoms with Gasteiger partial charge in [0.05, 0.1) is 18.3 Å². The minimum Gasteiger partial charge on any atom is -0.444 e. The molecule has 0 unspecified atom stereocenters. The zero-order chi connectivity index (χ0) is 22.8. The molecule has 0 bridgehead atoms. The number of carbonyl (C=O) groups is 2. The van der Waals surface area contributed by atoms with Gasteiger partial charge in [-0.25, -0.2) is 9.18 Å². The van der Waals surface area contributed by atoms with Gasteiger partial charge in [0.1, 0.15) is 17.5 Å². The third-order valence-corrected chi connectivity index (χ3v) is 6.65. The molecule has 1 aliphatic carbocycles. The fourth-order valence-electron chi connectivity index (χ4n) is 3.74. The summed E-state index contributed by atoms with van der Waals surface area (Å²) < 4.78 is 25.3. The maximum atomic E-state index is 14.5. The van der Waals surface area contributed by atoms with Gasteiger partial charge in [0.15, 0.2) is 0 Å². The number of methoxy groups -OCH3 is 1. The smallest absolute Gasteiger partial charge is 0.411 e. The third kappa shape index (κ3) is 6.65. The van der Waals surface area contributed by atoms with E-state index in [1.54, 1.807) is 40.0 Å². The van der Waals surface area contributed by atoms with E-state index < -0.39 is 29.5 Å². The monoisotopic (exact) mass is 498 g/mol. The fourth-order valence-corrected chi connectivity index (χ4v) is 4.29. The summed E-state index contributed by atoms with van der Waals surface area (Å²) >= 11 is 3.69. The van der Waals surface area contributed by atoms with Gasteiger partial charge in [-0.3, -0.25) is 9.69 Å². The Labute approximate surface area is 192 Å². The highest BCUT2D eigenvalue weighted by atomic mass is 79.9. The Morgan fingerprint density at radius 1 is 1.32 bits per heavy atom. The van der Waals surface area contributed by atoms with Gasteiger partial charge < -0.3 is 14.8 Å². The van der Waals surface area contributed by atoms with Gasteiger partial charge in [0.25, 0.3) is 0 Å². The molecule has 1 heterocycles. The van der Waals surface area contributed by atoms with Crippen LogP contribution in [0.15, 0.2) is 18.2 Å². The highest BCUT2D eigenvalue weighted by Crippen LogP contribution is 2.39. The Morgan fingerprint density at radius 2 is 2.03 bits per heavy atom. The van der Waals surface area contributed by atoms with Crippen molar-refractivity contribution in [2.45, 2.75) is 75.4 Å². The van der Waals surface area contributed by atoms with E-state index in [9.17, 15) is 14.0 Å². The van der Waals surface area contributed by atoms with Gasteiger partial charge in [-0.05, 0) is 57.2 Å². The molecule has 1 aromatic rings. The summed E-state index contributed by atoms with van der Waals surface area (Å²) in [5.41, 5.74) is 0.348. The van der Waals surface area contributed by atoms with Crippen LogP contribution in [-0.2, 0) is 14.3 Å². The topological polar surface area (TPSA) is 67.9 Å². The van der Waals surface area contributed by atoms with Crippen molar-refractivity contribution in [3.05, 3.63) is 29.6 Å². The first kappa shape index (κ1) is 24.0. The first-order chi connectivity index (χ1) is 14.6. The Bertz CT molecular complexity index is 809. The van der Waals surface area contributed by atoms with Crippen molar-refractivity contribution in [2.75, 3.05) is 19.0 Å². The number of rotatable bonds is 7. The quantitative estimate of drug-likeness (QED) is 0.510. The summed E-state index contributed by atoms with van der Waals surface area (Å²) in [7, 11) is 1.54. The molecule has 1 saturated carbocycles. The fraction of sp³-hybridized carbons (Fsp3) is 0.652. The molecule has 0 radical (unpaired) electrons. The molecule has 1 aliphatic heterocycles. The van der Waals surface area contributed by atoms with Crippen molar-refractivity contribution in [3.8, 4) is 0 Å². The number of hydrogen-bond donors (Lipinski definition) is 1. The van der Waals surface area contributed by atoms with Gasteiger partial charge in [0, 0.05) is 18.4 Å². The van der Waals surface area contributed by atoms with Gasteiger partial charge >= 0.3 is 6.09 Å². The predicted octanol–water partition coefficient (Wildman–Crippen LogP) is 5.41. The molecule has 1 aromatic carbocycles. The number of ether oxygens (including phenoxy) is 2. The van der Waals surface area contributed by atoms with Crippen LogP contribution in [0.4, 0.5) is 14.9 Å². The van der Waals surface area contributed by atoms with Crippen LogP contribution in [0.5, 0.6) is 0 Å². The molecular weight excluding hydrogens is 467 g/mol. The van der Waals surface area contributed by atoms with E-state index in [4.69, 9.17) is 9.47 Å². The van der Waals surface area contributed by atoms with Crippen LogP contribution in [-0.4, -0.2) is 48.3 Å². The lowest BCUT2D eigenvalue weighted by Gasteiger charge is -2.28. The Morgan fingerprint density at radius 3 is 2.65 bits per heavy atom. The molecule has 2 aliphatic rings. The molecule has 8 heteroatoms. The maximum Gasteiger partial charge on any atom is 0.411 e. The summed E-state index contributed by atoms with van der Waals surface area (Å²) in [6.07, 6.45) is 4.15. The van der Waals surface area contributed by atoms with Gasteiger partial charge in [-0.15, -0.1) is 0 Å². The third-order valence-electron chi connectivity index (χ3n) is 5.66. The van der Waals surface area contributed by atoms with Crippen molar-refractivity contribution in [2.24, 2.45) is 5.92 Å². The van der Waals surface area contributed by atoms with Crippen LogP contribution in [0.2, 0.25) is 0 Å². The predicted molar refractivity (Wildman–Crippen MR) is 121 cm³/mol. The lowest BCUT2D eigenvalue weighted by molar-refractivity contribution is -0.120. The number of nitrogens with zero attached hydrogens (tertiary/aromatic N) is 1. The zero-order valence-electron chi connectivity index (χ0n) is 18.6. The number of amides is 2. The van der Waals surface area contributed by atoms with Crippen LogP contribution in [0.3, 0.4) is 0 Å². The number of anilines is 1. The second-order valence-electron chi connectivity index (χ2n) is 9.46. The molecule has 0 aromatic heterocycles. The van der Waals surface area contributed by atoms with Gasteiger partial charge in [-0.1, -0.05) is 34.8 Å². The van der Waals surface area contributed by atoms with E-state index in [2.05, 4.69) is 21.2 Å². The number of alkyl halides is 1. The zero-order valence-corrected chi connectivity index (χ0v) is 20.2. The number of hydrogen-bond acceptors (Lipinski definition) is 4. The minimum absolute atomic E-state index is 0.104. The van der Waals surface area contributed by atoms with Gasteiger partial charge in [-0.2, -0.15) is 0 Å². The number of nitrogens with one attached hydrogen (secondary N) is 1. The lowest BCUT2D eigenvalue weighted by Crippen LogP contribution is -2.45. The molecule has 0 spiro atoms. The average Bonchev–Trinajstić information content (AvgIpc) is 3.42. The van der Waals surface area contributed by atoms with E-state index in [1.807, 2.05) is 0 Å². The van der Waals surface area contributed by atoms with Crippen LogP contribution in [0.25, 0.3) is 0 Å². The molecule has 6 nitrogen and oxygen atoms in total. The summed E-state index contributed by atoms with van der Waals surface area (Å²) in [5.74, 6) is -0.149. The van der Waals surface area contributed by atoms with E-state index in [1.165, 1.54) is 23.8 Å². The van der Waals surface area contributed by atoms with E-state index in [0.29, 0.717) is 6.42 Å². The Hall–Kier alpha value is -1.67. The number of carbonyl (C=O) groups excluding carboxylic acids is 2. The standard InChI is InChI=1S/C23H32BrFN2O4/c1-23(2,3)31-22(29)27-13-16(30-4)12-20(27)21(28)26-19-11-15(8-10-18(19)25)17(24)9-7-14-5-6-14/h8,10-11,14,16-17,20H,5-7,9,12-13H2,1-4H3,(H,26,28)/t16-,17-,20-/m1/s1. The van der Waals surface area contributed by atoms with Crippen molar-refractivity contribution in [1.82, 2.24) is 4.90 Å². The Balaban J connectivity index is 1.70. The summed E-state index contributed by atoms with van der Waals surface area (Å²) in [4.78, 5) is 27.1. The van der Waals surface area contributed by atoms with Crippen LogP contribution >= 0.6 is 15.9 Å². The van der Waals surface area contributed by atoms with Crippen LogP contribution < -0.4 is 5.32 Å². The summed E-state index contributed by atoms with van der Waals surface area (Å²) in [6.45, 7) is 5.55. The highest BCUT2D eigenvalue weighted by molar-refractivity contribution is 9.09. The van der Waals surface area contributed by atoms with Crippen LogP contribution in [0, 0.1) is 11.7 Å².